The molecule has 0 saturated heterocycles. The molecule has 6 heteroatoms. The van der Waals surface area contributed by atoms with Crippen molar-refractivity contribution in [3.63, 3.8) is 0 Å². The Morgan fingerprint density at radius 1 is 1.35 bits per heavy atom. The van der Waals surface area contributed by atoms with Crippen molar-refractivity contribution >= 4 is 5.97 Å². The molecule has 0 aliphatic heterocycles. The van der Waals surface area contributed by atoms with Gasteiger partial charge in [-0.1, -0.05) is 13.8 Å². The third-order valence-corrected chi connectivity index (χ3v) is 2.29. The van der Waals surface area contributed by atoms with Gasteiger partial charge in [-0.3, -0.25) is 0 Å². The highest BCUT2D eigenvalue weighted by atomic mass is 16.4. The normalized spacial score (nSPS) is 10.8. The second-order valence-electron chi connectivity index (χ2n) is 3.90. The summed E-state index contributed by atoms with van der Waals surface area (Å²) in [6.45, 7) is 4.09. The first-order valence-corrected chi connectivity index (χ1v) is 5.19. The summed E-state index contributed by atoms with van der Waals surface area (Å²) in [5.74, 6) is -0.253. The molecular weight excluding hydrogens is 220 g/mol. The lowest BCUT2D eigenvalue weighted by Gasteiger charge is -2.01. The van der Waals surface area contributed by atoms with E-state index in [0.717, 1.165) is 5.69 Å². The Kier molecular flexibility index (Phi) is 2.86. The van der Waals surface area contributed by atoms with Crippen LogP contribution in [-0.2, 0) is 0 Å². The van der Waals surface area contributed by atoms with Gasteiger partial charge in [0.15, 0.2) is 11.5 Å². The average molecular weight is 232 g/mol. The van der Waals surface area contributed by atoms with Crippen LogP contribution in [0.5, 0.6) is 0 Å². The fourth-order valence-corrected chi connectivity index (χ4v) is 1.32. The van der Waals surface area contributed by atoms with Gasteiger partial charge in [-0.15, -0.1) is 0 Å². The lowest BCUT2D eigenvalue weighted by Crippen LogP contribution is -2.05. The van der Waals surface area contributed by atoms with E-state index in [2.05, 4.69) is 15.1 Å². The fourth-order valence-electron chi connectivity index (χ4n) is 1.32. The molecule has 0 radical (unpaired) electrons. The quantitative estimate of drug-likeness (QED) is 0.866. The highest BCUT2D eigenvalue weighted by molar-refractivity contribution is 5.84. The number of carboxylic acids is 1. The van der Waals surface area contributed by atoms with Crippen LogP contribution < -0.4 is 0 Å². The Labute approximate surface area is 98.0 Å². The lowest BCUT2D eigenvalue weighted by molar-refractivity contribution is 0.0690. The van der Waals surface area contributed by atoms with Crippen LogP contribution in [0.1, 0.15) is 35.9 Å². The van der Waals surface area contributed by atoms with Gasteiger partial charge in [0.05, 0.1) is 18.1 Å². The van der Waals surface area contributed by atoms with E-state index in [1.54, 1.807) is 10.9 Å². The molecule has 0 unspecified atom stereocenters. The summed E-state index contributed by atoms with van der Waals surface area (Å²) in [6.07, 6.45) is 4.38. The zero-order chi connectivity index (χ0) is 12.4. The van der Waals surface area contributed by atoms with E-state index in [9.17, 15) is 4.79 Å². The molecule has 2 rings (SSSR count). The predicted octanol–water partition coefficient (Wildman–Crippen LogP) is 1.48. The number of carbonyl (C=O) groups is 1. The van der Waals surface area contributed by atoms with E-state index in [0.29, 0.717) is 11.7 Å². The maximum absolute atomic E-state index is 10.6. The summed E-state index contributed by atoms with van der Waals surface area (Å²) in [4.78, 5) is 18.4. The summed E-state index contributed by atoms with van der Waals surface area (Å²) >= 11 is 0. The molecule has 2 aromatic heterocycles. The Hall–Kier alpha value is -2.24. The van der Waals surface area contributed by atoms with Gasteiger partial charge < -0.3 is 5.11 Å². The highest BCUT2D eigenvalue weighted by Crippen LogP contribution is 2.12. The van der Waals surface area contributed by atoms with Gasteiger partial charge in [0, 0.05) is 6.20 Å². The van der Waals surface area contributed by atoms with Crippen molar-refractivity contribution in [2.24, 2.45) is 0 Å². The molecule has 0 aliphatic rings. The van der Waals surface area contributed by atoms with Crippen LogP contribution in [0, 0.1) is 0 Å². The van der Waals surface area contributed by atoms with Gasteiger partial charge in [0.2, 0.25) is 0 Å². The van der Waals surface area contributed by atoms with Crippen molar-refractivity contribution in [1.82, 2.24) is 19.7 Å². The van der Waals surface area contributed by atoms with Gasteiger partial charge in [-0.2, -0.15) is 5.10 Å². The third kappa shape index (κ3) is 2.30. The first-order valence-electron chi connectivity index (χ1n) is 5.19. The van der Waals surface area contributed by atoms with E-state index in [-0.39, 0.29) is 5.69 Å². The minimum Gasteiger partial charge on any atom is -0.476 e. The summed E-state index contributed by atoms with van der Waals surface area (Å²) in [7, 11) is 0. The smallest absolute Gasteiger partial charge is 0.356 e. The highest BCUT2D eigenvalue weighted by Gasteiger charge is 2.08. The second-order valence-corrected chi connectivity index (χ2v) is 3.90. The van der Waals surface area contributed by atoms with Crippen LogP contribution in [0.25, 0.3) is 5.82 Å². The van der Waals surface area contributed by atoms with Crippen LogP contribution in [0.2, 0.25) is 0 Å². The third-order valence-electron chi connectivity index (χ3n) is 2.29. The van der Waals surface area contributed by atoms with Crippen molar-refractivity contribution in [1.29, 1.82) is 0 Å². The number of aromatic nitrogens is 4. The van der Waals surface area contributed by atoms with Gasteiger partial charge in [-0.25, -0.2) is 19.4 Å². The summed E-state index contributed by atoms with van der Waals surface area (Å²) in [5, 5.41) is 13.0. The summed E-state index contributed by atoms with van der Waals surface area (Å²) in [6, 6.07) is 1.90. The number of nitrogens with zero attached hydrogens (tertiary/aromatic N) is 4. The molecular formula is C11H12N4O2. The van der Waals surface area contributed by atoms with Crippen molar-refractivity contribution in [2.75, 3.05) is 0 Å². The zero-order valence-electron chi connectivity index (χ0n) is 9.53. The van der Waals surface area contributed by atoms with Crippen molar-refractivity contribution in [2.45, 2.75) is 19.8 Å². The van der Waals surface area contributed by atoms with Crippen molar-refractivity contribution in [3.05, 3.63) is 36.0 Å². The van der Waals surface area contributed by atoms with Crippen molar-refractivity contribution < 1.29 is 9.90 Å². The number of carboxylic acid groups (broad SMARTS) is 1. The molecule has 0 fully saturated rings. The van der Waals surface area contributed by atoms with E-state index >= 15 is 0 Å². The van der Waals surface area contributed by atoms with Crippen LogP contribution in [0.3, 0.4) is 0 Å². The van der Waals surface area contributed by atoms with E-state index < -0.39 is 5.97 Å². The van der Waals surface area contributed by atoms with E-state index in [1.807, 2.05) is 19.9 Å². The molecule has 2 heterocycles. The Morgan fingerprint density at radius 3 is 2.59 bits per heavy atom. The Bertz CT molecular complexity index is 531. The van der Waals surface area contributed by atoms with Crippen molar-refractivity contribution in [3.8, 4) is 5.82 Å². The molecule has 1 N–H and O–H groups in total. The topological polar surface area (TPSA) is 80.9 Å². The standard InChI is InChI=1S/C11H12N4O2/c1-7(2)8-3-4-15(14-8)10-6-12-9(5-13-10)11(16)17/h3-7H,1-2H3,(H,16,17). The molecule has 0 bridgehead atoms. The molecule has 0 aromatic carbocycles. The lowest BCUT2D eigenvalue weighted by atomic mass is 10.1. The summed E-state index contributed by atoms with van der Waals surface area (Å²) in [5.41, 5.74) is 0.874. The maximum atomic E-state index is 10.6. The monoisotopic (exact) mass is 232 g/mol. The predicted molar refractivity (Wildman–Crippen MR) is 60.2 cm³/mol. The molecule has 2 aromatic rings. The Balaban J connectivity index is 2.30. The molecule has 88 valence electrons. The van der Waals surface area contributed by atoms with Crippen LogP contribution in [0.15, 0.2) is 24.7 Å². The van der Waals surface area contributed by atoms with E-state index in [1.165, 1.54) is 12.4 Å². The molecule has 0 amide bonds. The van der Waals surface area contributed by atoms with Crippen LogP contribution in [-0.4, -0.2) is 30.8 Å². The number of aromatic carboxylic acids is 1. The minimum absolute atomic E-state index is 0.0787. The summed E-state index contributed by atoms with van der Waals surface area (Å²) < 4.78 is 1.58. The number of hydrogen-bond acceptors (Lipinski definition) is 4. The van der Waals surface area contributed by atoms with Gasteiger partial charge in [0.1, 0.15) is 0 Å². The van der Waals surface area contributed by atoms with Gasteiger partial charge in [-0.05, 0) is 12.0 Å². The second kappa shape index (κ2) is 4.32. The first-order chi connectivity index (χ1) is 8.08. The molecule has 0 spiro atoms. The SMILES string of the molecule is CC(C)c1ccn(-c2cnc(C(=O)O)cn2)n1. The van der Waals surface area contributed by atoms with Crippen LogP contribution in [0.4, 0.5) is 0 Å². The average Bonchev–Trinajstić information content (AvgIpc) is 2.78. The zero-order valence-corrected chi connectivity index (χ0v) is 9.53. The molecule has 0 atom stereocenters. The Morgan fingerprint density at radius 2 is 2.12 bits per heavy atom. The largest absolute Gasteiger partial charge is 0.476 e. The maximum Gasteiger partial charge on any atom is 0.356 e. The number of rotatable bonds is 3. The van der Waals surface area contributed by atoms with Crippen LogP contribution >= 0.6 is 0 Å². The minimum atomic E-state index is -1.09. The van der Waals surface area contributed by atoms with E-state index in [4.69, 9.17) is 5.11 Å². The van der Waals surface area contributed by atoms with Gasteiger partial charge in [0.25, 0.3) is 0 Å². The number of hydrogen-bond donors (Lipinski definition) is 1. The van der Waals surface area contributed by atoms with Gasteiger partial charge >= 0.3 is 5.97 Å². The molecule has 17 heavy (non-hydrogen) atoms. The fraction of sp³-hybridized carbons (Fsp3) is 0.273. The first kappa shape index (κ1) is 11.3. The molecule has 0 aliphatic carbocycles. The molecule has 0 saturated carbocycles. The molecule has 6 nitrogen and oxygen atoms in total.